The minimum Gasteiger partial charge on any atom is -0.497 e. The van der Waals surface area contributed by atoms with Crippen molar-refractivity contribution in [2.24, 2.45) is 11.8 Å². The van der Waals surface area contributed by atoms with E-state index in [4.69, 9.17) is 9.57 Å². The molecular weight excluding hydrogens is 390 g/mol. The molecule has 1 N–H and O–H groups in total. The SMILES string of the molecule is COc1ccc(N2CCN(C(=O)C(CNOCc3ccccc3)CC(C)C)CC2)cc1. The Balaban J connectivity index is 1.48. The van der Waals surface area contributed by atoms with E-state index in [0.717, 1.165) is 43.9 Å². The Bertz CT molecular complexity index is 787. The Morgan fingerprint density at radius 1 is 1.00 bits per heavy atom. The fourth-order valence-electron chi connectivity index (χ4n) is 3.94. The summed E-state index contributed by atoms with van der Waals surface area (Å²) in [5.74, 6) is 1.45. The minimum absolute atomic E-state index is 0.0803. The van der Waals surface area contributed by atoms with Crippen LogP contribution in [-0.4, -0.2) is 50.6 Å². The van der Waals surface area contributed by atoms with Crippen molar-refractivity contribution in [3.05, 3.63) is 60.2 Å². The van der Waals surface area contributed by atoms with Crippen LogP contribution in [0.15, 0.2) is 54.6 Å². The van der Waals surface area contributed by atoms with Crippen molar-refractivity contribution in [1.29, 1.82) is 0 Å². The molecule has 1 atom stereocenters. The van der Waals surface area contributed by atoms with E-state index in [-0.39, 0.29) is 11.8 Å². The Hall–Kier alpha value is -2.57. The van der Waals surface area contributed by atoms with Crippen LogP contribution in [-0.2, 0) is 16.2 Å². The highest BCUT2D eigenvalue weighted by molar-refractivity contribution is 5.79. The van der Waals surface area contributed by atoms with Crippen molar-refractivity contribution >= 4 is 11.6 Å². The number of benzene rings is 2. The highest BCUT2D eigenvalue weighted by Gasteiger charge is 2.28. The van der Waals surface area contributed by atoms with Gasteiger partial charge in [-0.25, -0.2) is 5.48 Å². The van der Waals surface area contributed by atoms with Gasteiger partial charge in [-0.15, -0.1) is 0 Å². The van der Waals surface area contributed by atoms with Crippen LogP contribution in [0.5, 0.6) is 5.75 Å². The van der Waals surface area contributed by atoms with Gasteiger partial charge in [0, 0.05) is 38.4 Å². The summed E-state index contributed by atoms with van der Waals surface area (Å²) in [6.45, 7) is 8.50. The number of methoxy groups -OCH3 is 1. The van der Waals surface area contributed by atoms with Gasteiger partial charge in [-0.2, -0.15) is 0 Å². The maximum absolute atomic E-state index is 13.2. The van der Waals surface area contributed by atoms with Crippen molar-refractivity contribution < 1.29 is 14.4 Å². The maximum Gasteiger partial charge on any atom is 0.227 e. The first kappa shape index (κ1) is 23.1. The maximum atomic E-state index is 13.2. The number of nitrogens with one attached hydrogen (secondary N) is 1. The zero-order valence-electron chi connectivity index (χ0n) is 18.9. The van der Waals surface area contributed by atoms with E-state index in [0.29, 0.717) is 19.1 Å². The number of hydrogen-bond acceptors (Lipinski definition) is 5. The number of carbonyl (C=O) groups is 1. The van der Waals surface area contributed by atoms with Gasteiger partial charge in [0.2, 0.25) is 5.91 Å². The molecular formula is C25H35N3O3. The second kappa shape index (κ2) is 11.7. The normalized spacial score (nSPS) is 15.2. The van der Waals surface area contributed by atoms with Crippen molar-refractivity contribution in [2.45, 2.75) is 26.9 Å². The molecule has 0 aliphatic carbocycles. The average Bonchev–Trinajstić information content (AvgIpc) is 2.81. The number of piperazine rings is 1. The Kier molecular flexibility index (Phi) is 8.74. The van der Waals surface area contributed by atoms with E-state index >= 15 is 0 Å². The molecule has 31 heavy (non-hydrogen) atoms. The van der Waals surface area contributed by atoms with Crippen molar-refractivity contribution in [3.63, 3.8) is 0 Å². The molecule has 6 heteroatoms. The van der Waals surface area contributed by atoms with Crippen LogP contribution in [0, 0.1) is 11.8 Å². The molecule has 0 spiro atoms. The van der Waals surface area contributed by atoms with Gasteiger partial charge in [0.05, 0.1) is 19.6 Å². The molecule has 1 heterocycles. The lowest BCUT2D eigenvalue weighted by Gasteiger charge is -2.38. The largest absolute Gasteiger partial charge is 0.497 e. The van der Waals surface area contributed by atoms with E-state index in [1.807, 2.05) is 47.4 Å². The summed E-state index contributed by atoms with van der Waals surface area (Å²) in [7, 11) is 1.68. The number of rotatable bonds is 10. The van der Waals surface area contributed by atoms with Gasteiger partial charge in [-0.1, -0.05) is 44.2 Å². The summed E-state index contributed by atoms with van der Waals surface area (Å²) in [6, 6.07) is 18.1. The van der Waals surface area contributed by atoms with E-state index in [2.05, 4.69) is 36.4 Å². The lowest BCUT2D eigenvalue weighted by atomic mass is 9.95. The standard InChI is InChI=1S/C25H35N3O3/c1-20(2)17-22(18-26-31-19-21-7-5-4-6-8-21)25(29)28-15-13-27(14-16-28)23-9-11-24(30-3)12-10-23/h4-12,20,22,26H,13-19H2,1-3H3. The highest BCUT2D eigenvalue weighted by atomic mass is 16.6. The third kappa shape index (κ3) is 6.97. The molecule has 1 saturated heterocycles. The molecule has 1 unspecified atom stereocenters. The number of anilines is 1. The fraction of sp³-hybridized carbons (Fsp3) is 0.480. The lowest BCUT2D eigenvalue weighted by Crippen LogP contribution is -2.51. The van der Waals surface area contributed by atoms with Crippen LogP contribution in [0.3, 0.4) is 0 Å². The van der Waals surface area contributed by atoms with Gasteiger partial charge in [0.15, 0.2) is 0 Å². The number of amides is 1. The summed E-state index contributed by atoms with van der Waals surface area (Å²) in [6.07, 6.45) is 0.846. The first-order valence-electron chi connectivity index (χ1n) is 11.1. The molecule has 2 aromatic carbocycles. The Morgan fingerprint density at radius 3 is 2.29 bits per heavy atom. The van der Waals surface area contributed by atoms with Crippen LogP contribution in [0.1, 0.15) is 25.8 Å². The monoisotopic (exact) mass is 425 g/mol. The quantitative estimate of drug-likeness (QED) is 0.464. The van der Waals surface area contributed by atoms with E-state index in [1.54, 1.807) is 7.11 Å². The predicted octanol–water partition coefficient (Wildman–Crippen LogP) is 3.73. The van der Waals surface area contributed by atoms with Gasteiger partial charge in [-0.3, -0.25) is 9.63 Å². The molecule has 1 aliphatic heterocycles. The topological polar surface area (TPSA) is 54.0 Å². The predicted molar refractivity (Wildman–Crippen MR) is 124 cm³/mol. The van der Waals surface area contributed by atoms with Gasteiger partial charge < -0.3 is 14.5 Å². The van der Waals surface area contributed by atoms with Crippen LogP contribution >= 0.6 is 0 Å². The second-order valence-electron chi connectivity index (χ2n) is 8.46. The zero-order chi connectivity index (χ0) is 22.1. The molecule has 1 fully saturated rings. The Labute approximate surface area is 186 Å². The molecule has 0 bridgehead atoms. The van der Waals surface area contributed by atoms with Gasteiger partial charge in [-0.05, 0) is 42.2 Å². The van der Waals surface area contributed by atoms with Crippen LogP contribution in [0.2, 0.25) is 0 Å². The molecule has 1 aliphatic rings. The van der Waals surface area contributed by atoms with Crippen LogP contribution in [0.25, 0.3) is 0 Å². The summed E-state index contributed by atoms with van der Waals surface area (Å²) < 4.78 is 5.24. The highest BCUT2D eigenvalue weighted by Crippen LogP contribution is 2.22. The molecule has 1 amide bonds. The van der Waals surface area contributed by atoms with Gasteiger partial charge in [0.25, 0.3) is 0 Å². The molecule has 0 aromatic heterocycles. The minimum atomic E-state index is -0.0803. The van der Waals surface area contributed by atoms with Crippen molar-refractivity contribution in [2.75, 3.05) is 44.7 Å². The molecule has 2 aromatic rings. The van der Waals surface area contributed by atoms with E-state index in [9.17, 15) is 4.79 Å². The third-order valence-electron chi connectivity index (χ3n) is 5.65. The molecule has 3 rings (SSSR count). The summed E-state index contributed by atoms with van der Waals surface area (Å²) in [5.41, 5.74) is 5.31. The van der Waals surface area contributed by atoms with Crippen molar-refractivity contribution in [3.8, 4) is 5.75 Å². The van der Waals surface area contributed by atoms with E-state index < -0.39 is 0 Å². The molecule has 0 radical (unpaired) electrons. The summed E-state index contributed by atoms with van der Waals surface area (Å²) >= 11 is 0. The molecule has 6 nitrogen and oxygen atoms in total. The number of hydroxylamine groups is 1. The van der Waals surface area contributed by atoms with E-state index in [1.165, 1.54) is 5.69 Å². The van der Waals surface area contributed by atoms with Crippen LogP contribution in [0.4, 0.5) is 5.69 Å². The van der Waals surface area contributed by atoms with Gasteiger partial charge >= 0.3 is 0 Å². The second-order valence-corrected chi connectivity index (χ2v) is 8.46. The first-order valence-corrected chi connectivity index (χ1v) is 11.1. The fourth-order valence-corrected chi connectivity index (χ4v) is 3.94. The Morgan fingerprint density at radius 2 is 1.68 bits per heavy atom. The molecule has 0 saturated carbocycles. The zero-order valence-corrected chi connectivity index (χ0v) is 18.9. The van der Waals surface area contributed by atoms with Gasteiger partial charge in [0.1, 0.15) is 5.75 Å². The van der Waals surface area contributed by atoms with Crippen molar-refractivity contribution in [1.82, 2.24) is 10.4 Å². The summed E-state index contributed by atoms with van der Waals surface area (Å²) in [5, 5.41) is 0. The number of hydrogen-bond donors (Lipinski definition) is 1. The third-order valence-corrected chi connectivity index (χ3v) is 5.65. The lowest BCUT2D eigenvalue weighted by molar-refractivity contribution is -0.137. The first-order chi connectivity index (χ1) is 15.1. The number of carbonyl (C=O) groups excluding carboxylic acids is 1. The summed E-state index contributed by atoms with van der Waals surface area (Å²) in [4.78, 5) is 23.2. The number of nitrogens with zero attached hydrogens (tertiary/aromatic N) is 2. The smallest absolute Gasteiger partial charge is 0.227 e. The molecule has 168 valence electrons. The average molecular weight is 426 g/mol. The van der Waals surface area contributed by atoms with Crippen LogP contribution < -0.4 is 15.1 Å². The number of ether oxygens (including phenoxy) is 1.